The van der Waals surface area contributed by atoms with Crippen molar-refractivity contribution in [2.45, 2.75) is 13.0 Å². The van der Waals surface area contributed by atoms with Crippen LogP contribution in [0.4, 0.5) is 5.82 Å². The standard InChI is InChI=1S/C13H15N3OS/c14-8-10-7-11-9-17-4-1-12(11)15-13(10)16-2-5-18-6-3-16/h7H,1-6,9H2. The van der Waals surface area contributed by atoms with Crippen LogP contribution in [0.25, 0.3) is 0 Å². The number of hydrogen-bond donors (Lipinski definition) is 0. The summed E-state index contributed by atoms with van der Waals surface area (Å²) in [6, 6.07) is 4.23. The second kappa shape index (κ2) is 5.17. The van der Waals surface area contributed by atoms with E-state index in [2.05, 4.69) is 11.0 Å². The number of fused-ring (bicyclic) bond motifs is 1. The molecule has 3 heterocycles. The Labute approximate surface area is 111 Å². The minimum atomic E-state index is 0.590. The summed E-state index contributed by atoms with van der Waals surface area (Å²) in [5, 5.41) is 9.29. The van der Waals surface area contributed by atoms with Crippen molar-refractivity contribution in [2.24, 2.45) is 0 Å². The maximum Gasteiger partial charge on any atom is 0.146 e. The van der Waals surface area contributed by atoms with Crippen molar-refractivity contribution in [3.8, 4) is 6.07 Å². The Hall–Kier alpha value is -1.25. The summed E-state index contributed by atoms with van der Waals surface area (Å²) in [6.45, 7) is 3.30. The highest BCUT2D eigenvalue weighted by Gasteiger charge is 2.20. The minimum Gasteiger partial charge on any atom is -0.376 e. The fraction of sp³-hybridized carbons (Fsp3) is 0.538. The molecule has 0 radical (unpaired) electrons. The molecule has 2 aliphatic rings. The van der Waals surface area contributed by atoms with Crippen LogP contribution in [0.5, 0.6) is 0 Å². The van der Waals surface area contributed by atoms with Gasteiger partial charge in [-0.3, -0.25) is 0 Å². The molecule has 1 fully saturated rings. The van der Waals surface area contributed by atoms with Crippen LogP contribution < -0.4 is 4.90 Å². The molecule has 1 aromatic heterocycles. The fourth-order valence-electron chi connectivity index (χ4n) is 2.37. The first-order chi connectivity index (χ1) is 8.88. The fourth-order valence-corrected chi connectivity index (χ4v) is 3.28. The van der Waals surface area contributed by atoms with Crippen LogP contribution in [0, 0.1) is 11.3 Å². The lowest BCUT2D eigenvalue weighted by atomic mass is 10.1. The first-order valence-electron chi connectivity index (χ1n) is 6.22. The molecule has 1 aromatic rings. The van der Waals surface area contributed by atoms with Crippen molar-refractivity contribution in [2.75, 3.05) is 36.1 Å². The van der Waals surface area contributed by atoms with Gasteiger partial charge in [0, 0.05) is 36.6 Å². The molecule has 0 amide bonds. The number of thioether (sulfide) groups is 1. The molecule has 1 saturated heterocycles. The third kappa shape index (κ3) is 2.18. The van der Waals surface area contributed by atoms with E-state index in [1.807, 2.05) is 17.8 Å². The Bertz CT molecular complexity index is 492. The maximum atomic E-state index is 9.29. The summed E-state index contributed by atoms with van der Waals surface area (Å²) in [6.07, 6.45) is 0.858. The molecule has 0 aliphatic carbocycles. The number of rotatable bonds is 1. The normalized spacial score (nSPS) is 19.2. The molecule has 5 heteroatoms. The lowest BCUT2D eigenvalue weighted by molar-refractivity contribution is 0.109. The molecule has 0 atom stereocenters. The van der Waals surface area contributed by atoms with Crippen LogP contribution in [0.2, 0.25) is 0 Å². The molecule has 0 unspecified atom stereocenters. The average Bonchev–Trinajstić information content (AvgIpc) is 2.46. The number of aromatic nitrogens is 1. The Balaban J connectivity index is 1.99. The number of ether oxygens (including phenoxy) is 1. The van der Waals surface area contributed by atoms with Gasteiger partial charge in [-0.2, -0.15) is 17.0 Å². The van der Waals surface area contributed by atoms with Gasteiger partial charge in [-0.15, -0.1) is 0 Å². The van der Waals surface area contributed by atoms with E-state index in [4.69, 9.17) is 9.72 Å². The third-order valence-corrected chi connectivity index (χ3v) is 4.29. The van der Waals surface area contributed by atoms with Gasteiger partial charge in [0.05, 0.1) is 24.5 Å². The Kier molecular flexibility index (Phi) is 3.39. The van der Waals surface area contributed by atoms with Crippen molar-refractivity contribution in [1.29, 1.82) is 5.26 Å². The molecular formula is C13H15N3OS. The van der Waals surface area contributed by atoms with Crippen LogP contribution in [0.1, 0.15) is 16.8 Å². The lowest BCUT2D eigenvalue weighted by Crippen LogP contribution is -2.34. The van der Waals surface area contributed by atoms with Gasteiger partial charge in [0.2, 0.25) is 0 Å². The monoisotopic (exact) mass is 261 g/mol. The molecule has 94 valence electrons. The molecule has 2 aliphatic heterocycles. The predicted molar refractivity (Wildman–Crippen MR) is 71.9 cm³/mol. The molecule has 3 rings (SSSR count). The number of pyridine rings is 1. The van der Waals surface area contributed by atoms with E-state index in [1.54, 1.807) is 0 Å². The number of anilines is 1. The quantitative estimate of drug-likeness (QED) is 0.768. The molecular weight excluding hydrogens is 246 g/mol. The highest BCUT2D eigenvalue weighted by Crippen LogP contribution is 2.26. The molecule has 4 nitrogen and oxygen atoms in total. The molecule has 0 saturated carbocycles. The van der Waals surface area contributed by atoms with Gasteiger partial charge < -0.3 is 9.64 Å². The summed E-state index contributed by atoms with van der Waals surface area (Å²) in [5.74, 6) is 3.11. The maximum absolute atomic E-state index is 9.29. The summed E-state index contributed by atoms with van der Waals surface area (Å²) in [4.78, 5) is 6.96. The van der Waals surface area contributed by atoms with Crippen LogP contribution in [-0.4, -0.2) is 36.2 Å². The topological polar surface area (TPSA) is 49.2 Å². The van der Waals surface area contributed by atoms with E-state index in [0.717, 1.165) is 54.7 Å². The minimum absolute atomic E-state index is 0.590. The first kappa shape index (κ1) is 11.8. The van der Waals surface area contributed by atoms with Crippen LogP contribution in [0.3, 0.4) is 0 Å². The second-order valence-electron chi connectivity index (χ2n) is 4.48. The van der Waals surface area contributed by atoms with Gasteiger partial charge in [-0.1, -0.05) is 0 Å². The number of hydrogen-bond acceptors (Lipinski definition) is 5. The van der Waals surface area contributed by atoms with Crippen LogP contribution >= 0.6 is 11.8 Å². The van der Waals surface area contributed by atoms with Gasteiger partial charge in [0.25, 0.3) is 0 Å². The summed E-state index contributed by atoms with van der Waals surface area (Å²) in [5.41, 5.74) is 2.87. The summed E-state index contributed by atoms with van der Waals surface area (Å²) < 4.78 is 5.41. The van der Waals surface area contributed by atoms with Crippen molar-refractivity contribution in [1.82, 2.24) is 4.98 Å². The summed E-state index contributed by atoms with van der Waals surface area (Å²) in [7, 11) is 0. The van der Waals surface area contributed by atoms with Crippen molar-refractivity contribution >= 4 is 17.6 Å². The highest BCUT2D eigenvalue weighted by atomic mass is 32.2. The van der Waals surface area contributed by atoms with Gasteiger partial charge >= 0.3 is 0 Å². The first-order valence-corrected chi connectivity index (χ1v) is 7.37. The SMILES string of the molecule is N#Cc1cc2c(nc1N1CCSCC1)CCOC2. The Morgan fingerprint density at radius 2 is 2.22 bits per heavy atom. The van der Waals surface area contributed by atoms with Crippen molar-refractivity contribution < 1.29 is 4.74 Å². The number of nitriles is 1. The predicted octanol–water partition coefficient (Wildman–Crippen LogP) is 1.58. The van der Waals surface area contributed by atoms with Crippen molar-refractivity contribution in [3.63, 3.8) is 0 Å². The van der Waals surface area contributed by atoms with E-state index >= 15 is 0 Å². The zero-order valence-corrected chi connectivity index (χ0v) is 11.0. The molecule has 0 bridgehead atoms. The molecule has 0 N–H and O–H groups in total. The van der Waals surface area contributed by atoms with Gasteiger partial charge in [-0.25, -0.2) is 4.98 Å². The van der Waals surface area contributed by atoms with E-state index in [0.29, 0.717) is 12.2 Å². The van der Waals surface area contributed by atoms with Gasteiger partial charge in [-0.05, 0) is 6.07 Å². The molecule has 0 spiro atoms. The Morgan fingerprint density at radius 1 is 1.39 bits per heavy atom. The largest absolute Gasteiger partial charge is 0.376 e. The molecule has 18 heavy (non-hydrogen) atoms. The highest BCUT2D eigenvalue weighted by molar-refractivity contribution is 7.99. The smallest absolute Gasteiger partial charge is 0.146 e. The van der Waals surface area contributed by atoms with E-state index < -0.39 is 0 Å². The van der Waals surface area contributed by atoms with Crippen LogP contribution in [0.15, 0.2) is 6.07 Å². The third-order valence-electron chi connectivity index (χ3n) is 3.34. The van der Waals surface area contributed by atoms with E-state index in [1.165, 1.54) is 0 Å². The second-order valence-corrected chi connectivity index (χ2v) is 5.70. The lowest BCUT2D eigenvalue weighted by Gasteiger charge is -2.29. The van der Waals surface area contributed by atoms with Gasteiger partial charge in [0.1, 0.15) is 11.9 Å². The van der Waals surface area contributed by atoms with Crippen molar-refractivity contribution in [3.05, 3.63) is 22.9 Å². The van der Waals surface area contributed by atoms with E-state index in [-0.39, 0.29) is 0 Å². The van der Waals surface area contributed by atoms with E-state index in [9.17, 15) is 5.26 Å². The summed E-state index contributed by atoms with van der Waals surface area (Å²) >= 11 is 1.96. The zero-order valence-electron chi connectivity index (χ0n) is 10.2. The van der Waals surface area contributed by atoms with Gasteiger partial charge in [0.15, 0.2) is 0 Å². The zero-order chi connectivity index (χ0) is 12.4. The number of nitrogens with zero attached hydrogens (tertiary/aromatic N) is 3. The average molecular weight is 261 g/mol. The molecule has 0 aromatic carbocycles. The van der Waals surface area contributed by atoms with Crippen LogP contribution in [-0.2, 0) is 17.8 Å². The Morgan fingerprint density at radius 3 is 3.00 bits per heavy atom.